The number of amides is 3. The number of hydrogen-bond acceptors (Lipinski definition) is 8. The molecule has 1 aromatic heterocycles. The molecule has 244 valence electrons. The van der Waals surface area contributed by atoms with Gasteiger partial charge in [-0.2, -0.15) is 0 Å². The molecule has 44 heavy (non-hydrogen) atoms. The Kier molecular flexibility index (Phi) is 13.5. The monoisotopic (exact) mass is 648 g/mol. The van der Waals surface area contributed by atoms with Crippen LogP contribution in [-0.2, 0) is 25.3 Å². The molecule has 0 aliphatic carbocycles. The van der Waals surface area contributed by atoms with Gasteiger partial charge in [0.2, 0.25) is 5.91 Å². The molecular formula is C31H48N4O7SSi. The van der Waals surface area contributed by atoms with Gasteiger partial charge in [-0.1, -0.05) is 51.5 Å². The minimum Gasteiger partial charge on any atom is -0.480 e. The maximum atomic E-state index is 12.8. The van der Waals surface area contributed by atoms with Gasteiger partial charge in [-0.15, -0.1) is 11.3 Å². The number of hydrogen-bond donors (Lipinski definition) is 4. The molecule has 0 bridgehead atoms. The molecule has 1 atom stereocenters. The predicted molar refractivity (Wildman–Crippen MR) is 174 cm³/mol. The van der Waals surface area contributed by atoms with Crippen molar-refractivity contribution in [2.75, 3.05) is 13.2 Å². The van der Waals surface area contributed by atoms with Crippen LogP contribution in [0.4, 0.5) is 4.79 Å². The van der Waals surface area contributed by atoms with Crippen LogP contribution in [-0.4, -0.2) is 67.1 Å². The highest BCUT2D eigenvalue weighted by molar-refractivity contribution is 7.13. The van der Waals surface area contributed by atoms with Crippen molar-refractivity contribution >= 4 is 43.5 Å². The third kappa shape index (κ3) is 12.7. The van der Waals surface area contributed by atoms with E-state index in [1.807, 2.05) is 58.1 Å². The van der Waals surface area contributed by atoms with Crippen LogP contribution in [0.5, 0.6) is 0 Å². The molecule has 0 aliphatic rings. The molecule has 3 amide bonds. The first-order chi connectivity index (χ1) is 20.4. The van der Waals surface area contributed by atoms with Crippen LogP contribution in [0.25, 0.3) is 10.6 Å². The molecule has 2 rings (SSSR count). The number of carbonyl (C=O) groups is 4. The number of rotatable bonds is 15. The van der Waals surface area contributed by atoms with E-state index in [2.05, 4.69) is 41.7 Å². The maximum Gasteiger partial charge on any atom is 0.407 e. The summed E-state index contributed by atoms with van der Waals surface area (Å²) in [5, 5.41) is 19.9. The Morgan fingerprint density at radius 3 is 2.23 bits per heavy atom. The van der Waals surface area contributed by atoms with Crippen LogP contribution in [0.3, 0.4) is 0 Å². The Hall–Kier alpha value is -3.29. The van der Waals surface area contributed by atoms with E-state index in [0.29, 0.717) is 24.5 Å². The minimum absolute atomic E-state index is 0.0425. The maximum absolute atomic E-state index is 12.8. The number of nitrogens with one attached hydrogen (secondary N) is 3. The number of alkyl carbamates (subject to hydrolysis) is 1. The molecule has 0 fully saturated rings. The number of aliphatic carboxylic acids is 1. The Morgan fingerprint density at radius 1 is 0.977 bits per heavy atom. The van der Waals surface area contributed by atoms with Crippen molar-refractivity contribution in [3.05, 3.63) is 40.9 Å². The van der Waals surface area contributed by atoms with Gasteiger partial charge in [-0.25, -0.2) is 14.6 Å². The Bertz CT molecular complexity index is 1270. The fourth-order valence-electron chi connectivity index (χ4n) is 3.57. The largest absolute Gasteiger partial charge is 0.480 e. The first-order valence-corrected chi connectivity index (χ1v) is 18.6. The highest BCUT2D eigenvalue weighted by Gasteiger charge is 2.38. The zero-order valence-electron chi connectivity index (χ0n) is 27.2. The van der Waals surface area contributed by atoms with Gasteiger partial charge in [0.15, 0.2) is 8.32 Å². The van der Waals surface area contributed by atoms with E-state index in [9.17, 15) is 24.3 Å². The van der Waals surface area contributed by atoms with E-state index in [1.54, 1.807) is 5.38 Å². The average Bonchev–Trinajstić information content (AvgIpc) is 3.41. The van der Waals surface area contributed by atoms with Gasteiger partial charge in [-0.05, 0) is 57.3 Å². The fourth-order valence-corrected chi connectivity index (χ4v) is 5.39. The van der Waals surface area contributed by atoms with E-state index in [1.165, 1.54) is 11.3 Å². The van der Waals surface area contributed by atoms with Crippen LogP contribution in [0.15, 0.2) is 29.6 Å². The number of unbranched alkanes of at least 4 members (excludes halogenated alkanes) is 2. The van der Waals surface area contributed by atoms with Crippen molar-refractivity contribution in [2.24, 2.45) is 0 Å². The smallest absolute Gasteiger partial charge is 0.407 e. The van der Waals surface area contributed by atoms with Crippen molar-refractivity contribution in [3.63, 3.8) is 0 Å². The molecular weight excluding hydrogens is 601 g/mol. The highest BCUT2D eigenvalue weighted by Crippen LogP contribution is 2.36. The van der Waals surface area contributed by atoms with Crippen molar-refractivity contribution in [1.82, 2.24) is 20.9 Å². The molecule has 4 N–H and O–H groups in total. The minimum atomic E-state index is -2.19. The van der Waals surface area contributed by atoms with Crippen molar-refractivity contribution in [1.29, 1.82) is 0 Å². The Morgan fingerprint density at radius 2 is 1.64 bits per heavy atom. The quantitative estimate of drug-likeness (QED) is 0.141. The molecule has 0 aliphatic heterocycles. The van der Waals surface area contributed by atoms with Gasteiger partial charge in [-0.3, -0.25) is 9.59 Å². The third-order valence-corrected chi connectivity index (χ3v) is 12.6. The normalized spacial score (nSPS) is 12.7. The second-order valence-corrected chi connectivity index (χ2v) is 18.9. The summed E-state index contributed by atoms with van der Waals surface area (Å²) in [6, 6.07) is 6.33. The predicted octanol–water partition coefficient (Wildman–Crippen LogP) is 5.72. The number of aromatic nitrogens is 1. The topological polar surface area (TPSA) is 156 Å². The van der Waals surface area contributed by atoms with Crippen LogP contribution in [0, 0.1) is 0 Å². The second kappa shape index (κ2) is 16.1. The first-order valence-electron chi connectivity index (χ1n) is 14.8. The summed E-state index contributed by atoms with van der Waals surface area (Å²) in [5.41, 5.74) is 1.34. The van der Waals surface area contributed by atoms with Crippen molar-refractivity contribution in [3.8, 4) is 10.6 Å². The number of nitrogens with zero attached hydrogens (tertiary/aromatic N) is 1. The summed E-state index contributed by atoms with van der Waals surface area (Å²) in [4.78, 5) is 52.9. The molecule has 0 radical (unpaired) electrons. The summed E-state index contributed by atoms with van der Waals surface area (Å²) in [5.74, 6) is -1.78. The van der Waals surface area contributed by atoms with Crippen LogP contribution < -0.4 is 16.0 Å². The lowest BCUT2D eigenvalue weighted by Crippen LogP contribution is -2.49. The van der Waals surface area contributed by atoms with Gasteiger partial charge in [0, 0.05) is 30.5 Å². The molecule has 1 aromatic carbocycles. The summed E-state index contributed by atoms with van der Waals surface area (Å²) in [6.07, 6.45) is 2.26. The zero-order chi connectivity index (χ0) is 33.1. The number of carboxylic acid groups (broad SMARTS) is 1. The fraction of sp³-hybridized carbons (Fsp3) is 0.581. The van der Waals surface area contributed by atoms with Crippen molar-refractivity contribution < 1.29 is 33.4 Å². The van der Waals surface area contributed by atoms with E-state index in [0.717, 1.165) is 30.4 Å². The summed E-state index contributed by atoms with van der Waals surface area (Å²) in [6.45, 7) is 16.5. The van der Waals surface area contributed by atoms with Crippen LogP contribution in [0.1, 0.15) is 83.3 Å². The summed E-state index contributed by atoms with van der Waals surface area (Å²) in [7, 11) is -2.19. The van der Waals surface area contributed by atoms with Crippen molar-refractivity contribution in [2.45, 2.75) is 104 Å². The van der Waals surface area contributed by atoms with E-state index >= 15 is 0 Å². The molecule has 1 heterocycles. The van der Waals surface area contributed by atoms with E-state index in [-0.39, 0.29) is 23.2 Å². The third-order valence-electron chi connectivity index (χ3n) is 7.20. The highest BCUT2D eigenvalue weighted by atomic mass is 32.1. The second-order valence-electron chi connectivity index (χ2n) is 13.2. The zero-order valence-corrected chi connectivity index (χ0v) is 29.0. The SMILES string of the molecule is CC(C)(C)OC(=O)NCCCCCC(=O)NCc1ccc(-c2nc(C(=O)N[C@@H](CO[Si](C)(C)C(C)(C)C)C(=O)O)cs2)cc1. The molecule has 0 unspecified atom stereocenters. The Balaban J connectivity index is 1.78. The number of carboxylic acids is 1. The van der Waals surface area contributed by atoms with Gasteiger partial charge in [0.25, 0.3) is 5.91 Å². The average molecular weight is 649 g/mol. The first kappa shape index (κ1) is 36.9. The lowest BCUT2D eigenvalue weighted by Gasteiger charge is -2.36. The molecule has 13 heteroatoms. The van der Waals surface area contributed by atoms with E-state index in [4.69, 9.17) is 9.16 Å². The van der Waals surface area contributed by atoms with Gasteiger partial charge in [0.05, 0.1) is 6.61 Å². The summed E-state index contributed by atoms with van der Waals surface area (Å²) < 4.78 is 11.2. The summed E-state index contributed by atoms with van der Waals surface area (Å²) >= 11 is 1.29. The molecule has 0 spiro atoms. The standard InChI is InChI=1S/C31H48N4O7SSi/c1-30(2,3)42-29(40)32-17-11-9-10-12-25(36)33-18-21-13-15-22(16-14-21)27-35-24(20-43-27)26(37)34-23(28(38)39)19-41-44(7,8)31(4,5)6/h13-16,20,23H,9-12,17-19H2,1-8H3,(H,32,40)(H,33,36)(H,34,37)(H,38,39)/t23-/m0/s1. The van der Waals surface area contributed by atoms with Crippen LogP contribution in [0.2, 0.25) is 18.1 Å². The molecule has 2 aromatic rings. The molecule has 11 nitrogen and oxygen atoms in total. The molecule has 0 saturated carbocycles. The number of carbonyl (C=O) groups excluding carboxylic acids is 3. The Labute approximate surface area is 265 Å². The lowest BCUT2D eigenvalue weighted by atomic mass is 10.1. The van der Waals surface area contributed by atoms with E-state index < -0.39 is 37.9 Å². The van der Waals surface area contributed by atoms with Gasteiger partial charge in [0.1, 0.15) is 22.3 Å². The lowest BCUT2D eigenvalue weighted by molar-refractivity contribution is -0.140. The van der Waals surface area contributed by atoms with Gasteiger partial charge >= 0.3 is 12.1 Å². The van der Waals surface area contributed by atoms with Crippen LogP contribution >= 0.6 is 11.3 Å². The molecule has 0 saturated heterocycles. The van der Waals surface area contributed by atoms with Gasteiger partial charge < -0.3 is 30.2 Å². The number of benzene rings is 1. The number of ether oxygens (including phenoxy) is 1. The number of thiazole rings is 1.